The van der Waals surface area contributed by atoms with Crippen LogP contribution in [-0.2, 0) is 10.0 Å². The molecule has 2 aromatic rings. The van der Waals surface area contributed by atoms with Crippen LogP contribution in [0.5, 0.6) is 0 Å². The molecule has 7 heteroatoms. The van der Waals surface area contributed by atoms with Crippen LogP contribution in [0.2, 0.25) is 0 Å². The van der Waals surface area contributed by atoms with Crippen LogP contribution in [0.1, 0.15) is 18.9 Å². The van der Waals surface area contributed by atoms with Crippen LogP contribution in [0.3, 0.4) is 0 Å². The van der Waals surface area contributed by atoms with Gasteiger partial charge in [-0.15, -0.1) is 12.4 Å². The predicted octanol–water partition coefficient (Wildman–Crippen LogP) is 2.24. The quantitative estimate of drug-likeness (QED) is 0.756. The van der Waals surface area contributed by atoms with E-state index in [9.17, 15) is 8.42 Å². The van der Waals surface area contributed by atoms with Gasteiger partial charge in [0.15, 0.2) is 0 Å². The maximum atomic E-state index is 12.4. The van der Waals surface area contributed by atoms with Gasteiger partial charge in [-0.2, -0.15) is 0 Å². The van der Waals surface area contributed by atoms with E-state index in [1.807, 2.05) is 19.1 Å². The van der Waals surface area contributed by atoms with Crippen molar-refractivity contribution in [2.75, 3.05) is 19.6 Å². The molecule has 122 valence electrons. The number of aryl methyl sites for hydroxylation is 1. The van der Waals surface area contributed by atoms with Crippen LogP contribution < -0.4 is 10.0 Å². The Balaban J connectivity index is 0.00000242. The lowest BCUT2D eigenvalue weighted by atomic mass is 10.2. The molecule has 0 aliphatic rings. The molecule has 0 bridgehead atoms. The number of rotatable bonds is 7. The molecule has 0 spiro atoms. The number of fused-ring (bicyclic) bond motifs is 1. The molecule has 0 saturated heterocycles. The van der Waals surface area contributed by atoms with E-state index < -0.39 is 10.0 Å². The largest absolute Gasteiger partial charge is 0.315 e. The van der Waals surface area contributed by atoms with Crippen molar-refractivity contribution in [2.45, 2.75) is 25.2 Å². The minimum atomic E-state index is -3.54. The van der Waals surface area contributed by atoms with Gasteiger partial charge in [-0.1, -0.05) is 19.1 Å². The summed E-state index contributed by atoms with van der Waals surface area (Å²) in [6.07, 6.45) is 2.71. The fourth-order valence-electron chi connectivity index (χ4n) is 2.11. The molecule has 0 radical (unpaired) electrons. The highest BCUT2D eigenvalue weighted by atomic mass is 35.5. The van der Waals surface area contributed by atoms with Gasteiger partial charge in [0.1, 0.15) is 4.90 Å². The summed E-state index contributed by atoms with van der Waals surface area (Å²) >= 11 is 0. The summed E-state index contributed by atoms with van der Waals surface area (Å²) in [5.74, 6) is 0. The Morgan fingerprint density at radius 2 is 1.95 bits per heavy atom. The average molecular weight is 344 g/mol. The third-order valence-corrected chi connectivity index (χ3v) is 4.61. The van der Waals surface area contributed by atoms with E-state index in [-0.39, 0.29) is 17.3 Å². The van der Waals surface area contributed by atoms with Gasteiger partial charge in [0.25, 0.3) is 0 Å². The number of hydrogen-bond donors (Lipinski definition) is 2. The van der Waals surface area contributed by atoms with Gasteiger partial charge < -0.3 is 5.32 Å². The number of nitrogens with zero attached hydrogens (tertiary/aromatic N) is 1. The summed E-state index contributed by atoms with van der Waals surface area (Å²) in [6.45, 7) is 5.87. The summed E-state index contributed by atoms with van der Waals surface area (Å²) in [6, 6.07) is 7.14. The molecular formula is C15H22ClN3O2S. The zero-order valence-electron chi connectivity index (χ0n) is 12.8. The van der Waals surface area contributed by atoms with E-state index >= 15 is 0 Å². The molecule has 22 heavy (non-hydrogen) atoms. The smallest absolute Gasteiger partial charge is 0.242 e. The van der Waals surface area contributed by atoms with Gasteiger partial charge in [-0.3, -0.25) is 4.98 Å². The average Bonchev–Trinajstić information content (AvgIpc) is 2.46. The highest BCUT2D eigenvalue weighted by Crippen LogP contribution is 2.21. The van der Waals surface area contributed by atoms with Gasteiger partial charge >= 0.3 is 0 Å². The summed E-state index contributed by atoms with van der Waals surface area (Å²) in [4.78, 5) is 4.50. The van der Waals surface area contributed by atoms with Gasteiger partial charge in [-0.25, -0.2) is 13.1 Å². The monoisotopic (exact) mass is 343 g/mol. The molecule has 0 aliphatic heterocycles. The minimum absolute atomic E-state index is 0. The lowest BCUT2D eigenvalue weighted by molar-refractivity contribution is 0.576. The number of pyridine rings is 1. The number of hydrogen-bond acceptors (Lipinski definition) is 4. The molecule has 2 rings (SSSR count). The van der Waals surface area contributed by atoms with Crippen LogP contribution in [0.15, 0.2) is 35.4 Å². The lowest BCUT2D eigenvalue weighted by Crippen LogP contribution is -2.32. The predicted molar refractivity (Wildman–Crippen MR) is 92.1 cm³/mol. The molecule has 0 saturated carbocycles. The first-order chi connectivity index (χ1) is 10.0. The second kappa shape index (κ2) is 8.43. The first-order valence-electron chi connectivity index (χ1n) is 7.10. The summed E-state index contributed by atoms with van der Waals surface area (Å²) in [5, 5.41) is 4.00. The number of halogens is 1. The summed E-state index contributed by atoms with van der Waals surface area (Å²) in [7, 11) is -3.54. The van der Waals surface area contributed by atoms with Crippen LogP contribution in [0.4, 0.5) is 0 Å². The van der Waals surface area contributed by atoms with E-state index in [1.165, 1.54) is 0 Å². The first kappa shape index (κ1) is 18.8. The van der Waals surface area contributed by atoms with Gasteiger partial charge in [-0.05, 0) is 37.6 Å². The van der Waals surface area contributed by atoms with Crippen LogP contribution in [0, 0.1) is 6.92 Å². The van der Waals surface area contributed by atoms with Crippen molar-refractivity contribution in [3.05, 3.63) is 36.0 Å². The Kier molecular flexibility index (Phi) is 7.22. The second-order valence-corrected chi connectivity index (χ2v) is 6.72. The van der Waals surface area contributed by atoms with E-state index in [4.69, 9.17) is 0 Å². The highest BCUT2D eigenvalue weighted by molar-refractivity contribution is 7.89. The molecule has 5 nitrogen and oxygen atoms in total. The second-order valence-electron chi connectivity index (χ2n) is 4.99. The number of para-hydroxylation sites is 1. The first-order valence-corrected chi connectivity index (χ1v) is 8.58. The molecule has 0 fully saturated rings. The van der Waals surface area contributed by atoms with Gasteiger partial charge in [0.05, 0.1) is 5.52 Å². The molecule has 1 aromatic heterocycles. The Hall–Kier alpha value is -1.21. The van der Waals surface area contributed by atoms with Crippen molar-refractivity contribution in [3.8, 4) is 0 Å². The van der Waals surface area contributed by atoms with Crippen molar-refractivity contribution >= 4 is 33.3 Å². The number of benzene rings is 1. The topological polar surface area (TPSA) is 71.1 Å². The van der Waals surface area contributed by atoms with Crippen LogP contribution in [0.25, 0.3) is 10.9 Å². The Bertz CT molecular complexity index is 720. The zero-order valence-corrected chi connectivity index (χ0v) is 14.4. The van der Waals surface area contributed by atoms with E-state index in [2.05, 4.69) is 21.9 Å². The maximum Gasteiger partial charge on any atom is 0.242 e. The fraction of sp³-hybridized carbons (Fsp3) is 0.400. The molecule has 0 amide bonds. The van der Waals surface area contributed by atoms with E-state index in [1.54, 1.807) is 18.3 Å². The normalized spacial score (nSPS) is 11.4. The lowest BCUT2D eigenvalue weighted by Gasteiger charge is -2.09. The molecular weight excluding hydrogens is 322 g/mol. The SMILES string of the molecule is CCCNCCNS(=O)(=O)c1cccc2cc(C)cnc12.Cl. The van der Waals surface area contributed by atoms with E-state index in [0.29, 0.717) is 18.6 Å². The van der Waals surface area contributed by atoms with Gasteiger partial charge in [0, 0.05) is 24.7 Å². The molecule has 0 unspecified atom stereocenters. The van der Waals surface area contributed by atoms with Crippen molar-refractivity contribution in [1.29, 1.82) is 0 Å². The van der Waals surface area contributed by atoms with Crippen molar-refractivity contribution in [2.24, 2.45) is 0 Å². The maximum absolute atomic E-state index is 12.4. The number of aromatic nitrogens is 1. The zero-order chi connectivity index (χ0) is 15.3. The van der Waals surface area contributed by atoms with Crippen molar-refractivity contribution < 1.29 is 8.42 Å². The minimum Gasteiger partial charge on any atom is -0.315 e. The third kappa shape index (κ3) is 4.64. The van der Waals surface area contributed by atoms with Crippen molar-refractivity contribution in [3.63, 3.8) is 0 Å². The number of nitrogens with one attached hydrogen (secondary N) is 2. The fourth-order valence-corrected chi connectivity index (χ4v) is 3.32. The molecule has 0 atom stereocenters. The summed E-state index contributed by atoms with van der Waals surface area (Å²) in [5.41, 5.74) is 1.52. The molecule has 2 N–H and O–H groups in total. The Morgan fingerprint density at radius 1 is 1.18 bits per heavy atom. The highest BCUT2D eigenvalue weighted by Gasteiger charge is 2.17. The molecule has 0 aliphatic carbocycles. The van der Waals surface area contributed by atoms with Gasteiger partial charge in [0.2, 0.25) is 10.0 Å². The van der Waals surface area contributed by atoms with Crippen LogP contribution >= 0.6 is 12.4 Å². The standard InChI is InChI=1S/C15H21N3O2S.ClH/c1-3-7-16-8-9-18-21(19,20)14-6-4-5-13-10-12(2)11-17-15(13)14;/h4-6,10-11,16,18H,3,7-9H2,1-2H3;1H. The summed E-state index contributed by atoms with van der Waals surface area (Å²) < 4.78 is 27.4. The Morgan fingerprint density at radius 3 is 2.68 bits per heavy atom. The van der Waals surface area contributed by atoms with Crippen molar-refractivity contribution in [1.82, 2.24) is 15.0 Å². The Labute approximate surface area is 138 Å². The molecule has 1 heterocycles. The molecule has 1 aromatic carbocycles. The van der Waals surface area contributed by atoms with Crippen LogP contribution in [-0.4, -0.2) is 33.0 Å². The third-order valence-electron chi connectivity index (χ3n) is 3.12. The number of sulfonamides is 1. The van der Waals surface area contributed by atoms with E-state index in [0.717, 1.165) is 23.9 Å².